The highest BCUT2D eigenvalue weighted by Gasteiger charge is 2.31. The molecule has 1 amide bonds. The van der Waals surface area contributed by atoms with E-state index in [1.807, 2.05) is 84.9 Å². The van der Waals surface area contributed by atoms with Gasteiger partial charge in [-0.3, -0.25) is 9.59 Å². The Hall–Kier alpha value is -3.99. The summed E-state index contributed by atoms with van der Waals surface area (Å²) in [4.78, 5) is 21.9. The maximum Gasteiger partial charge on any atom is 0.300 e. The van der Waals surface area contributed by atoms with E-state index in [0.717, 1.165) is 29.3 Å². The first-order valence-corrected chi connectivity index (χ1v) is 9.98. The number of carboxylic acid groups (broad SMARTS) is 1. The molecule has 0 aliphatic carbocycles. The van der Waals surface area contributed by atoms with Crippen LogP contribution in [0.3, 0.4) is 0 Å². The number of hydrogen-bond donors (Lipinski definition) is 1. The van der Waals surface area contributed by atoms with Gasteiger partial charge in [0.05, 0.1) is 11.8 Å². The van der Waals surface area contributed by atoms with E-state index in [4.69, 9.17) is 9.90 Å². The average molecular weight is 412 g/mol. The summed E-state index contributed by atoms with van der Waals surface area (Å²) in [5, 5.41) is 13.7. The Morgan fingerprint density at radius 3 is 2.00 bits per heavy atom. The molecule has 5 nitrogen and oxygen atoms in total. The maximum absolute atomic E-state index is 12.9. The zero-order chi connectivity index (χ0) is 22.1. The van der Waals surface area contributed by atoms with Gasteiger partial charge in [0, 0.05) is 19.4 Å². The number of carbonyl (C=O) groups is 2. The van der Waals surface area contributed by atoms with E-state index in [1.165, 1.54) is 0 Å². The van der Waals surface area contributed by atoms with E-state index >= 15 is 0 Å². The van der Waals surface area contributed by atoms with Gasteiger partial charge in [-0.25, -0.2) is 5.01 Å². The smallest absolute Gasteiger partial charge is 0.300 e. The first-order chi connectivity index (χ1) is 15.0. The van der Waals surface area contributed by atoms with Crippen LogP contribution in [0.15, 0.2) is 102 Å². The van der Waals surface area contributed by atoms with Gasteiger partial charge < -0.3 is 5.11 Å². The van der Waals surface area contributed by atoms with Crippen LogP contribution >= 0.6 is 0 Å². The molecule has 0 fully saturated rings. The molecule has 1 atom stereocenters. The number of carbonyl (C=O) groups excluding carboxylic acids is 1. The summed E-state index contributed by atoms with van der Waals surface area (Å²) >= 11 is 0. The van der Waals surface area contributed by atoms with Crippen molar-refractivity contribution in [1.29, 1.82) is 0 Å². The van der Waals surface area contributed by atoms with Gasteiger partial charge in [-0.15, -0.1) is 0 Å². The SMILES string of the molecule is CC(=O)O.O=C(C=Cc1ccccc1)N1N=C(c2ccccc2)CC1c1ccccc1. The minimum atomic E-state index is -0.833. The fourth-order valence-electron chi connectivity index (χ4n) is 3.26. The number of carboxylic acids is 1. The molecular weight excluding hydrogens is 388 g/mol. The second kappa shape index (κ2) is 10.7. The summed E-state index contributed by atoms with van der Waals surface area (Å²) in [6.45, 7) is 1.08. The highest BCUT2D eigenvalue weighted by molar-refractivity contribution is 6.04. The van der Waals surface area contributed by atoms with Gasteiger partial charge in [0.15, 0.2) is 0 Å². The standard InChI is InChI=1S/C24H20N2O.C2H4O2/c27-24(17-16-19-10-4-1-5-11-19)26-23(21-14-8-3-9-15-21)18-22(25-26)20-12-6-2-7-13-20;1-2(3)4/h1-17,23H,18H2;1H3,(H,3,4). The van der Waals surface area contributed by atoms with Crippen molar-refractivity contribution in [2.75, 3.05) is 0 Å². The molecule has 4 rings (SSSR count). The van der Waals surface area contributed by atoms with Gasteiger partial charge in [0.1, 0.15) is 0 Å². The molecule has 0 spiro atoms. The molecule has 0 saturated heterocycles. The van der Waals surface area contributed by atoms with E-state index in [-0.39, 0.29) is 11.9 Å². The van der Waals surface area contributed by atoms with Crippen LogP contribution in [0.2, 0.25) is 0 Å². The molecular formula is C26H24N2O3. The summed E-state index contributed by atoms with van der Waals surface area (Å²) in [5.74, 6) is -0.946. The number of benzene rings is 3. The third kappa shape index (κ3) is 6.24. The minimum Gasteiger partial charge on any atom is -0.481 e. The lowest BCUT2D eigenvalue weighted by Crippen LogP contribution is -2.25. The molecule has 5 heteroatoms. The van der Waals surface area contributed by atoms with Crippen LogP contribution in [0, 0.1) is 0 Å². The van der Waals surface area contributed by atoms with Crippen molar-refractivity contribution in [3.8, 4) is 0 Å². The lowest BCUT2D eigenvalue weighted by molar-refractivity contribution is -0.134. The predicted molar refractivity (Wildman–Crippen MR) is 122 cm³/mol. The van der Waals surface area contributed by atoms with Crippen LogP contribution in [-0.2, 0) is 9.59 Å². The van der Waals surface area contributed by atoms with Crippen molar-refractivity contribution >= 4 is 23.7 Å². The Balaban J connectivity index is 0.000000628. The molecule has 1 heterocycles. The fraction of sp³-hybridized carbons (Fsp3) is 0.115. The van der Waals surface area contributed by atoms with Gasteiger partial charge in [-0.1, -0.05) is 91.0 Å². The molecule has 156 valence electrons. The van der Waals surface area contributed by atoms with Crippen molar-refractivity contribution in [3.05, 3.63) is 114 Å². The lowest BCUT2D eigenvalue weighted by Gasteiger charge is -2.20. The number of amides is 1. The Morgan fingerprint density at radius 1 is 0.903 bits per heavy atom. The Morgan fingerprint density at radius 2 is 1.42 bits per heavy atom. The van der Waals surface area contributed by atoms with Crippen molar-refractivity contribution in [3.63, 3.8) is 0 Å². The second-order valence-electron chi connectivity index (χ2n) is 6.99. The molecule has 0 radical (unpaired) electrons. The van der Waals surface area contributed by atoms with Gasteiger partial charge >= 0.3 is 0 Å². The molecule has 0 saturated carbocycles. The molecule has 3 aromatic rings. The zero-order valence-corrected chi connectivity index (χ0v) is 17.3. The molecule has 31 heavy (non-hydrogen) atoms. The number of aliphatic carboxylic acids is 1. The summed E-state index contributed by atoms with van der Waals surface area (Å²) in [7, 11) is 0. The van der Waals surface area contributed by atoms with Gasteiger partial charge in [0.2, 0.25) is 0 Å². The van der Waals surface area contributed by atoms with Gasteiger partial charge in [-0.2, -0.15) is 5.10 Å². The number of hydrazone groups is 1. The molecule has 1 aliphatic rings. The van der Waals surface area contributed by atoms with E-state index < -0.39 is 5.97 Å². The zero-order valence-electron chi connectivity index (χ0n) is 17.3. The molecule has 0 bridgehead atoms. The highest BCUT2D eigenvalue weighted by atomic mass is 16.4. The first-order valence-electron chi connectivity index (χ1n) is 9.98. The number of rotatable bonds is 4. The molecule has 3 aromatic carbocycles. The van der Waals surface area contributed by atoms with Crippen LogP contribution in [0.25, 0.3) is 6.08 Å². The summed E-state index contributed by atoms with van der Waals surface area (Å²) < 4.78 is 0. The molecule has 0 aromatic heterocycles. The maximum atomic E-state index is 12.9. The average Bonchev–Trinajstić information content (AvgIpc) is 3.25. The third-order valence-corrected chi connectivity index (χ3v) is 4.65. The molecule has 1 unspecified atom stereocenters. The van der Waals surface area contributed by atoms with E-state index in [1.54, 1.807) is 11.1 Å². The second-order valence-corrected chi connectivity index (χ2v) is 6.99. The Kier molecular flexibility index (Phi) is 7.49. The van der Waals surface area contributed by atoms with Gasteiger partial charge in [0.25, 0.3) is 11.9 Å². The largest absolute Gasteiger partial charge is 0.481 e. The summed E-state index contributed by atoms with van der Waals surface area (Å²) in [6.07, 6.45) is 4.14. The van der Waals surface area contributed by atoms with Crippen LogP contribution in [0.1, 0.15) is 36.1 Å². The van der Waals surface area contributed by atoms with Crippen LogP contribution in [-0.4, -0.2) is 27.7 Å². The summed E-state index contributed by atoms with van der Waals surface area (Å²) in [5.41, 5.74) is 4.08. The van der Waals surface area contributed by atoms with Crippen molar-refractivity contribution < 1.29 is 14.7 Å². The Bertz CT molecular complexity index is 1060. The topological polar surface area (TPSA) is 70.0 Å². The van der Waals surface area contributed by atoms with Crippen LogP contribution in [0.5, 0.6) is 0 Å². The van der Waals surface area contributed by atoms with Crippen LogP contribution < -0.4 is 0 Å². The van der Waals surface area contributed by atoms with Crippen molar-refractivity contribution in [2.24, 2.45) is 5.10 Å². The van der Waals surface area contributed by atoms with Gasteiger partial charge in [-0.05, 0) is 22.8 Å². The third-order valence-electron chi connectivity index (χ3n) is 4.65. The number of hydrogen-bond acceptors (Lipinski definition) is 3. The van der Waals surface area contributed by atoms with E-state index in [0.29, 0.717) is 6.42 Å². The van der Waals surface area contributed by atoms with Crippen molar-refractivity contribution in [2.45, 2.75) is 19.4 Å². The predicted octanol–water partition coefficient (Wildman–Crippen LogP) is 5.17. The minimum absolute atomic E-state index is 0.0886. The molecule has 1 aliphatic heterocycles. The number of nitrogens with zero attached hydrogens (tertiary/aromatic N) is 2. The fourth-order valence-corrected chi connectivity index (χ4v) is 3.26. The summed E-state index contributed by atoms with van der Waals surface area (Å²) in [6, 6.07) is 29.9. The monoisotopic (exact) mass is 412 g/mol. The van der Waals surface area contributed by atoms with Crippen LogP contribution in [0.4, 0.5) is 0 Å². The highest BCUT2D eigenvalue weighted by Crippen LogP contribution is 2.32. The quantitative estimate of drug-likeness (QED) is 0.601. The Labute approximate surface area is 182 Å². The normalized spacial score (nSPS) is 15.2. The molecule has 1 N–H and O–H groups in total. The lowest BCUT2D eigenvalue weighted by atomic mass is 9.98. The van der Waals surface area contributed by atoms with Crippen molar-refractivity contribution in [1.82, 2.24) is 5.01 Å². The van der Waals surface area contributed by atoms with E-state index in [9.17, 15) is 4.79 Å². The first kappa shape index (κ1) is 21.7. The van der Waals surface area contributed by atoms with E-state index in [2.05, 4.69) is 17.2 Å².